The quantitative estimate of drug-likeness (QED) is 0.512. The number of unbranched alkanes of at least 4 members (excludes halogenated alkanes) is 4. The summed E-state index contributed by atoms with van der Waals surface area (Å²) in [7, 11) is -2.89. The molecular weight excluding hydrogens is 266 g/mol. The van der Waals surface area contributed by atoms with Crippen molar-refractivity contribution >= 4 is 15.8 Å². The number of carbonyl (C=O) groups excluding carboxylic acids is 1. The maximum absolute atomic E-state index is 11.4. The first-order valence-electron chi connectivity index (χ1n) is 7.13. The van der Waals surface area contributed by atoms with Crippen LogP contribution in [0.25, 0.3) is 0 Å². The Morgan fingerprint density at radius 2 is 2.00 bits per heavy atom. The van der Waals surface area contributed by atoms with E-state index in [-0.39, 0.29) is 30.1 Å². The molecule has 0 aromatic heterocycles. The van der Waals surface area contributed by atoms with Crippen LogP contribution in [-0.4, -0.2) is 45.1 Å². The van der Waals surface area contributed by atoms with E-state index in [0.717, 1.165) is 12.8 Å². The van der Waals surface area contributed by atoms with Crippen molar-refractivity contribution in [2.45, 2.75) is 51.5 Å². The fourth-order valence-electron chi connectivity index (χ4n) is 2.13. The van der Waals surface area contributed by atoms with E-state index < -0.39 is 9.84 Å². The fourth-order valence-corrected chi connectivity index (χ4v) is 3.83. The molecule has 1 fully saturated rings. The van der Waals surface area contributed by atoms with Gasteiger partial charge in [-0.3, -0.25) is 4.79 Å². The zero-order chi connectivity index (χ0) is 14.1. The Hall–Kier alpha value is -0.620. The number of rotatable bonds is 9. The third kappa shape index (κ3) is 7.52. The SMILES string of the molecule is CCCCCCCOC(=O)CNC1CCS(=O)(=O)C1. The first kappa shape index (κ1) is 16.4. The van der Waals surface area contributed by atoms with Crippen molar-refractivity contribution in [3.8, 4) is 0 Å². The molecule has 19 heavy (non-hydrogen) atoms. The molecule has 6 heteroatoms. The van der Waals surface area contributed by atoms with Gasteiger partial charge in [-0.05, 0) is 12.8 Å². The fraction of sp³-hybridized carbons (Fsp3) is 0.923. The van der Waals surface area contributed by atoms with Gasteiger partial charge in [0.1, 0.15) is 0 Å². The van der Waals surface area contributed by atoms with Crippen molar-refractivity contribution in [1.82, 2.24) is 5.32 Å². The summed E-state index contributed by atoms with van der Waals surface area (Å²) in [6, 6.07) is -0.0953. The predicted octanol–water partition coefficient (Wildman–Crippen LogP) is 1.28. The van der Waals surface area contributed by atoms with E-state index in [0.29, 0.717) is 13.0 Å². The van der Waals surface area contributed by atoms with Crippen LogP contribution in [0.5, 0.6) is 0 Å². The molecule has 1 rings (SSSR count). The van der Waals surface area contributed by atoms with Crippen molar-refractivity contribution in [3.63, 3.8) is 0 Å². The van der Waals surface area contributed by atoms with Crippen LogP contribution in [-0.2, 0) is 19.4 Å². The van der Waals surface area contributed by atoms with Gasteiger partial charge in [0.2, 0.25) is 0 Å². The highest BCUT2D eigenvalue weighted by atomic mass is 32.2. The van der Waals surface area contributed by atoms with Gasteiger partial charge < -0.3 is 10.1 Å². The summed E-state index contributed by atoms with van der Waals surface area (Å²) in [5.41, 5.74) is 0. The Kier molecular flexibility index (Phi) is 7.38. The Morgan fingerprint density at radius 1 is 1.26 bits per heavy atom. The molecule has 0 spiro atoms. The lowest BCUT2D eigenvalue weighted by atomic mass is 10.2. The van der Waals surface area contributed by atoms with Crippen LogP contribution in [0.15, 0.2) is 0 Å². The average molecular weight is 291 g/mol. The lowest BCUT2D eigenvalue weighted by Gasteiger charge is -2.10. The van der Waals surface area contributed by atoms with E-state index in [1.54, 1.807) is 0 Å². The number of hydrogen-bond donors (Lipinski definition) is 1. The molecule has 0 amide bonds. The molecule has 1 atom stereocenters. The molecule has 1 unspecified atom stereocenters. The van der Waals surface area contributed by atoms with Crippen LogP contribution in [0.2, 0.25) is 0 Å². The highest BCUT2D eigenvalue weighted by Gasteiger charge is 2.27. The zero-order valence-electron chi connectivity index (χ0n) is 11.7. The Balaban J connectivity index is 1.99. The summed E-state index contributed by atoms with van der Waals surface area (Å²) in [5, 5.41) is 2.94. The molecule has 0 radical (unpaired) electrons. The van der Waals surface area contributed by atoms with E-state index in [4.69, 9.17) is 4.74 Å². The van der Waals surface area contributed by atoms with Crippen LogP contribution in [0.4, 0.5) is 0 Å². The second kappa shape index (κ2) is 8.53. The number of nitrogens with one attached hydrogen (secondary N) is 1. The maximum Gasteiger partial charge on any atom is 0.319 e. The topological polar surface area (TPSA) is 72.5 Å². The molecule has 1 N–H and O–H groups in total. The number of ether oxygens (including phenoxy) is 1. The predicted molar refractivity (Wildman–Crippen MR) is 74.8 cm³/mol. The van der Waals surface area contributed by atoms with E-state index >= 15 is 0 Å². The van der Waals surface area contributed by atoms with Gasteiger partial charge in [0.05, 0.1) is 24.7 Å². The minimum absolute atomic E-state index is 0.0953. The van der Waals surface area contributed by atoms with Crippen molar-refractivity contribution in [1.29, 1.82) is 0 Å². The number of esters is 1. The van der Waals surface area contributed by atoms with Crippen LogP contribution in [0.1, 0.15) is 45.4 Å². The number of hydrogen-bond acceptors (Lipinski definition) is 5. The van der Waals surface area contributed by atoms with Crippen molar-refractivity contribution in [2.75, 3.05) is 24.7 Å². The molecular formula is C13H25NO4S. The summed E-state index contributed by atoms with van der Waals surface area (Å²) in [6.07, 6.45) is 6.21. The largest absolute Gasteiger partial charge is 0.465 e. The summed E-state index contributed by atoms with van der Waals surface area (Å²) >= 11 is 0. The lowest BCUT2D eigenvalue weighted by molar-refractivity contribution is -0.142. The van der Waals surface area contributed by atoms with E-state index in [1.165, 1.54) is 19.3 Å². The number of sulfone groups is 1. The van der Waals surface area contributed by atoms with Crippen LogP contribution in [0, 0.1) is 0 Å². The molecule has 1 heterocycles. The second-order valence-electron chi connectivity index (χ2n) is 5.12. The van der Waals surface area contributed by atoms with E-state index in [1.807, 2.05) is 0 Å². The smallest absolute Gasteiger partial charge is 0.319 e. The van der Waals surface area contributed by atoms with Gasteiger partial charge in [0, 0.05) is 6.04 Å². The van der Waals surface area contributed by atoms with Crippen LogP contribution in [0.3, 0.4) is 0 Å². The average Bonchev–Trinajstić information content (AvgIpc) is 2.71. The molecule has 0 aliphatic carbocycles. The summed E-state index contributed by atoms with van der Waals surface area (Å²) < 4.78 is 27.5. The first-order chi connectivity index (χ1) is 9.03. The molecule has 1 aliphatic heterocycles. The number of carbonyl (C=O) groups is 1. The van der Waals surface area contributed by atoms with Gasteiger partial charge in [-0.15, -0.1) is 0 Å². The highest BCUT2D eigenvalue weighted by Crippen LogP contribution is 2.10. The van der Waals surface area contributed by atoms with Gasteiger partial charge in [-0.1, -0.05) is 32.6 Å². The minimum Gasteiger partial charge on any atom is -0.465 e. The third-order valence-corrected chi connectivity index (χ3v) is 5.05. The molecule has 1 saturated heterocycles. The van der Waals surface area contributed by atoms with Crippen LogP contribution >= 0.6 is 0 Å². The van der Waals surface area contributed by atoms with Crippen molar-refractivity contribution < 1.29 is 17.9 Å². The van der Waals surface area contributed by atoms with Gasteiger partial charge in [0.15, 0.2) is 9.84 Å². The Morgan fingerprint density at radius 3 is 2.63 bits per heavy atom. The minimum atomic E-state index is -2.89. The van der Waals surface area contributed by atoms with Gasteiger partial charge >= 0.3 is 5.97 Å². The molecule has 0 aromatic carbocycles. The highest BCUT2D eigenvalue weighted by molar-refractivity contribution is 7.91. The standard InChI is InChI=1S/C13H25NO4S/c1-2-3-4-5-6-8-18-13(15)10-14-12-7-9-19(16,17)11-12/h12,14H,2-11H2,1H3. The first-order valence-corrected chi connectivity index (χ1v) is 8.95. The molecule has 1 aliphatic rings. The summed E-state index contributed by atoms with van der Waals surface area (Å²) in [4.78, 5) is 11.4. The summed E-state index contributed by atoms with van der Waals surface area (Å²) in [5.74, 6) is 0.0637. The zero-order valence-corrected chi connectivity index (χ0v) is 12.5. The van der Waals surface area contributed by atoms with Gasteiger partial charge in [-0.25, -0.2) is 8.42 Å². The molecule has 112 valence electrons. The molecule has 0 bridgehead atoms. The lowest BCUT2D eigenvalue weighted by Crippen LogP contribution is -2.35. The molecule has 0 aromatic rings. The van der Waals surface area contributed by atoms with Gasteiger partial charge in [0.25, 0.3) is 0 Å². The Labute approximate surface area is 116 Å². The Bertz CT molecular complexity index is 367. The van der Waals surface area contributed by atoms with Crippen molar-refractivity contribution in [2.24, 2.45) is 0 Å². The monoisotopic (exact) mass is 291 g/mol. The van der Waals surface area contributed by atoms with Gasteiger partial charge in [-0.2, -0.15) is 0 Å². The summed E-state index contributed by atoms with van der Waals surface area (Å²) in [6.45, 7) is 2.73. The molecule has 0 saturated carbocycles. The van der Waals surface area contributed by atoms with E-state index in [2.05, 4.69) is 12.2 Å². The van der Waals surface area contributed by atoms with Crippen molar-refractivity contribution in [3.05, 3.63) is 0 Å². The molecule has 5 nitrogen and oxygen atoms in total. The van der Waals surface area contributed by atoms with Crippen LogP contribution < -0.4 is 5.32 Å². The second-order valence-corrected chi connectivity index (χ2v) is 7.34. The third-order valence-electron chi connectivity index (χ3n) is 3.28. The maximum atomic E-state index is 11.4. The normalized spacial score (nSPS) is 21.4. The van der Waals surface area contributed by atoms with E-state index in [9.17, 15) is 13.2 Å².